The number of nitrogens with zero attached hydrogens (tertiary/aromatic N) is 2. The number of allylic oxidation sites excluding steroid dienone is 1. The number of aryl methyl sites for hydroxylation is 1. The molecular weight excluding hydrogens is 403 g/mol. The maximum Gasteiger partial charge on any atom is 0.257 e. The average Bonchev–Trinajstić information content (AvgIpc) is 3.09. The molecule has 1 saturated heterocycles. The number of piperidine rings is 1. The number of carbonyl (C=O) groups is 1. The Morgan fingerprint density at radius 3 is 2.59 bits per heavy atom. The highest BCUT2D eigenvalue weighted by Gasteiger charge is 2.40. The maximum absolute atomic E-state index is 13.7. The summed E-state index contributed by atoms with van der Waals surface area (Å²) in [6.07, 6.45) is 4.00. The molecule has 2 aromatic rings. The number of amides is 1. The fourth-order valence-electron chi connectivity index (χ4n) is 5.18. The standard InChI is InChI=1S/C27H31FN2O2/c1-5-32-25-17-21(28)10-11-22(25)26(31)30-14-12-20(13-15-30)24-16-19(3)29-27(24,4)23-9-7-6-8-18(23)2/h6-11,16-17,20H,5,12-15H2,1-4H3/t27-/m1/s1. The summed E-state index contributed by atoms with van der Waals surface area (Å²) in [4.78, 5) is 20.1. The van der Waals surface area contributed by atoms with E-state index in [4.69, 9.17) is 9.73 Å². The normalized spacial score (nSPS) is 21.3. The molecule has 0 unspecified atom stereocenters. The third-order valence-electron chi connectivity index (χ3n) is 6.69. The molecule has 1 fully saturated rings. The zero-order valence-electron chi connectivity index (χ0n) is 19.3. The summed E-state index contributed by atoms with van der Waals surface area (Å²) < 4.78 is 19.2. The lowest BCUT2D eigenvalue weighted by Gasteiger charge is -2.38. The quantitative estimate of drug-likeness (QED) is 0.606. The van der Waals surface area contributed by atoms with E-state index in [9.17, 15) is 9.18 Å². The van der Waals surface area contributed by atoms with E-state index in [1.54, 1.807) is 0 Å². The van der Waals surface area contributed by atoms with Crippen LogP contribution in [0.2, 0.25) is 0 Å². The summed E-state index contributed by atoms with van der Waals surface area (Å²) in [5.41, 5.74) is 4.95. The molecule has 1 amide bonds. The van der Waals surface area contributed by atoms with E-state index in [0.29, 0.717) is 36.9 Å². The number of hydrogen-bond acceptors (Lipinski definition) is 3. The highest BCUT2D eigenvalue weighted by atomic mass is 19.1. The SMILES string of the molecule is CCOc1cc(F)ccc1C(=O)N1CCC(C2=CC(C)=N[C@]2(C)c2ccccc2C)CC1. The lowest BCUT2D eigenvalue weighted by molar-refractivity contribution is 0.0694. The van der Waals surface area contributed by atoms with Crippen LogP contribution >= 0.6 is 0 Å². The van der Waals surface area contributed by atoms with Gasteiger partial charge in [0.2, 0.25) is 0 Å². The van der Waals surface area contributed by atoms with E-state index in [-0.39, 0.29) is 11.4 Å². The summed E-state index contributed by atoms with van der Waals surface area (Å²) >= 11 is 0. The first kappa shape index (κ1) is 22.3. The molecule has 1 atom stereocenters. The van der Waals surface area contributed by atoms with Crippen molar-refractivity contribution in [2.45, 2.75) is 46.1 Å². The molecule has 32 heavy (non-hydrogen) atoms. The molecule has 2 heterocycles. The highest BCUT2D eigenvalue weighted by molar-refractivity contribution is 5.97. The van der Waals surface area contributed by atoms with Crippen molar-refractivity contribution < 1.29 is 13.9 Å². The molecule has 168 valence electrons. The van der Waals surface area contributed by atoms with Crippen LogP contribution in [0.3, 0.4) is 0 Å². The number of rotatable bonds is 5. The molecule has 0 aromatic heterocycles. The van der Waals surface area contributed by atoms with Crippen molar-refractivity contribution in [3.8, 4) is 5.75 Å². The van der Waals surface area contributed by atoms with Gasteiger partial charge in [0.1, 0.15) is 17.1 Å². The molecule has 0 aliphatic carbocycles. The largest absolute Gasteiger partial charge is 0.493 e. The van der Waals surface area contributed by atoms with Gasteiger partial charge in [0.25, 0.3) is 5.91 Å². The van der Waals surface area contributed by atoms with Crippen molar-refractivity contribution in [3.63, 3.8) is 0 Å². The second kappa shape index (κ2) is 8.89. The van der Waals surface area contributed by atoms with Gasteiger partial charge in [-0.15, -0.1) is 0 Å². The van der Waals surface area contributed by atoms with Gasteiger partial charge < -0.3 is 9.64 Å². The first-order valence-electron chi connectivity index (χ1n) is 11.4. The van der Waals surface area contributed by atoms with Gasteiger partial charge in [-0.05, 0) is 81.4 Å². The molecule has 4 rings (SSSR count). The summed E-state index contributed by atoms with van der Waals surface area (Å²) in [6, 6.07) is 12.6. The molecule has 0 saturated carbocycles. The zero-order chi connectivity index (χ0) is 22.9. The van der Waals surface area contributed by atoms with Gasteiger partial charge in [0, 0.05) is 24.9 Å². The van der Waals surface area contributed by atoms with Crippen molar-refractivity contribution in [1.82, 2.24) is 4.90 Å². The average molecular weight is 435 g/mol. The van der Waals surface area contributed by atoms with Crippen LogP contribution < -0.4 is 4.74 Å². The molecular formula is C27H31FN2O2. The molecule has 5 heteroatoms. The fraction of sp³-hybridized carbons (Fsp3) is 0.407. The Morgan fingerprint density at radius 2 is 1.91 bits per heavy atom. The van der Waals surface area contributed by atoms with E-state index in [2.05, 4.69) is 51.1 Å². The Bertz CT molecular complexity index is 1080. The Balaban J connectivity index is 1.51. The molecule has 2 aliphatic heterocycles. The molecule has 0 spiro atoms. The molecule has 2 aromatic carbocycles. The van der Waals surface area contributed by atoms with Crippen LogP contribution in [0.1, 0.15) is 55.1 Å². The van der Waals surface area contributed by atoms with Crippen molar-refractivity contribution in [3.05, 3.63) is 76.6 Å². The summed E-state index contributed by atoms with van der Waals surface area (Å²) in [5, 5.41) is 0. The Morgan fingerprint density at radius 1 is 1.19 bits per heavy atom. The van der Waals surface area contributed by atoms with Crippen LogP contribution in [0.4, 0.5) is 4.39 Å². The Kier molecular flexibility index (Phi) is 6.18. The minimum Gasteiger partial charge on any atom is -0.493 e. The first-order valence-corrected chi connectivity index (χ1v) is 11.4. The van der Waals surface area contributed by atoms with E-state index >= 15 is 0 Å². The number of benzene rings is 2. The number of halogens is 1. The van der Waals surface area contributed by atoms with Gasteiger partial charge in [0.05, 0.1) is 12.2 Å². The van der Waals surface area contributed by atoms with Gasteiger partial charge in [-0.3, -0.25) is 9.79 Å². The number of ether oxygens (including phenoxy) is 1. The van der Waals surface area contributed by atoms with E-state index in [1.807, 2.05) is 11.8 Å². The summed E-state index contributed by atoms with van der Waals surface area (Å²) in [6.45, 7) is 9.95. The molecule has 2 aliphatic rings. The monoisotopic (exact) mass is 434 g/mol. The van der Waals surface area contributed by atoms with Crippen LogP contribution in [0.5, 0.6) is 5.75 Å². The molecule has 4 nitrogen and oxygen atoms in total. The van der Waals surface area contributed by atoms with E-state index in [0.717, 1.165) is 18.6 Å². The topological polar surface area (TPSA) is 41.9 Å². The summed E-state index contributed by atoms with van der Waals surface area (Å²) in [5.74, 6) is 0.183. The minimum atomic E-state index is -0.400. The van der Waals surface area contributed by atoms with Gasteiger partial charge in [-0.2, -0.15) is 0 Å². The third-order valence-corrected chi connectivity index (χ3v) is 6.69. The zero-order valence-corrected chi connectivity index (χ0v) is 19.3. The lowest BCUT2D eigenvalue weighted by Crippen LogP contribution is -2.40. The van der Waals surface area contributed by atoms with Gasteiger partial charge in [0.15, 0.2) is 0 Å². The van der Waals surface area contributed by atoms with Crippen LogP contribution in [0.15, 0.2) is 59.1 Å². The van der Waals surface area contributed by atoms with Crippen LogP contribution in [0.25, 0.3) is 0 Å². The number of carbonyl (C=O) groups excluding carboxylic acids is 1. The van der Waals surface area contributed by atoms with Gasteiger partial charge in [-0.25, -0.2) is 4.39 Å². The molecule has 0 N–H and O–H groups in total. The minimum absolute atomic E-state index is 0.0959. The molecule has 0 bridgehead atoms. The van der Waals surface area contributed by atoms with Crippen LogP contribution in [0, 0.1) is 18.7 Å². The first-order chi connectivity index (χ1) is 15.3. The highest BCUT2D eigenvalue weighted by Crippen LogP contribution is 2.45. The maximum atomic E-state index is 13.7. The molecule has 0 radical (unpaired) electrons. The van der Waals surface area contributed by atoms with E-state index < -0.39 is 5.82 Å². The lowest BCUT2D eigenvalue weighted by atomic mass is 9.74. The second-order valence-electron chi connectivity index (χ2n) is 8.88. The fourth-order valence-corrected chi connectivity index (χ4v) is 5.18. The van der Waals surface area contributed by atoms with Gasteiger partial charge >= 0.3 is 0 Å². The van der Waals surface area contributed by atoms with Crippen molar-refractivity contribution in [2.75, 3.05) is 19.7 Å². The van der Waals surface area contributed by atoms with Crippen LogP contribution in [-0.2, 0) is 5.54 Å². The van der Waals surface area contributed by atoms with Crippen molar-refractivity contribution >= 4 is 11.6 Å². The van der Waals surface area contributed by atoms with E-state index in [1.165, 1.54) is 34.9 Å². The predicted octanol–water partition coefficient (Wildman–Crippen LogP) is 5.70. The van der Waals surface area contributed by atoms with Crippen molar-refractivity contribution in [1.29, 1.82) is 0 Å². The number of aliphatic imine (C=N–C) groups is 1. The van der Waals surface area contributed by atoms with Crippen molar-refractivity contribution in [2.24, 2.45) is 10.9 Å². The third kappa shape index (κ3) is 4.08. The Hall–Kier alpha value is -2.95. The van der Waals surface area contributed by atoms with Gasteiger partial charge in [-0.1, -0.05) is 24.3 Å². The summed E-state index contributed by atoms with van der Waals surface area (Å²) in [7, 11) is 0. The number of likely N-dealkylation sites (tertiary alicyclic amines) is 1. The smallest absolute Gasteiger partial charge is 0.257 e. The predicted molar refractivity (Wildman–Crippen MR) is 126 cm³/mol. The van der Waals surface area contributed by atoms with Crippen LogP contribution in [-0.4, -0.2) is 36.2 Å². The Labute approximate surface area is 189 Å². The second-order valence-corrected chi connectivity index (χ2v) is 8.88. The number of hydrogen-bond donors (Lipinski definition) is 0.